The van der Waals surface area contributed by atoms with E-state index in [2.05, 4.69) is 9.97 Å². The van der Waals surface area contributed by atoms with Crippen molar-refractivity contribution in [2.45, 2.75) is 9.92 Å². The summed E-state index contributed by atoms with van der Waals surface area (Å²) in [7, 11) is 0. The largest absolute Gasteiger partial charge is 0.398 e. The van der Waals surface area contributed by atoms with E-state index in [4.69, 9.17) is 28.9 Å². The average Bonchev–Trinajstić information content (AvgIpc) is 2.45. The monoisotopic (exact) mass is 321 g/mol. The maximum atomic E-state index is 6.04. The highest BCUT2D eigenvalue weighted by atomic mass is 35.5. The highest BCUT2D eigenvalue weighted by molar-refractivity contribution is 7.99. The topological polar surface area (TPSA) is 51.8 Å². The van der Waals surface area contributed by atoms with Crippen LogP contribution in [0, 0.1) is 0 Å². The van der Waals surface area contributed by atoms with Gasteiger partial charge < -0.3 is 5.73 Å². The predicted octanol–water partition coefficient (Wildman–Crippen LogP) is 4.67. The summed E-state index contributed by atoms with van der Waals surface area (Å²) in [5.41, 5.74) is 7.44. The fourth-order valence-electron chi connectivity index (χ4n) is 1.80. The molecule has 0 atom stereocenters. The summed E-state index contributed by atoms with van der Waals surface area (Å²) in [5.74, 6) is 0. The summed E-state index contributed by atoms with van der Waals surface area (Å²) < 4.78 is 0. The van der Waals surface area contributed by atoms with Crippen LogP contribution in [-0.2, 0) is 0 Å². The van der Waals surface area contributed by atoms with Crippen molar-refractivity contribution in [3.63, 3.8) is 0 Å². The van der Waals surface area contributed by atoms with Gasteiger partial charge in [0.1, 0.15) is 11.4 Å². The quantitative estimate of drug-likeness (QED) is 0.550. The lowest BCUT2D eigenvalue weighted by Crippen LogP contribution is -1.91. The predicted molar refractivity (Wildman–Crippen MR) is 84.5 cm³/mol. The third kappa shape index (κ3) is 2.54. The van der Waals surface area contributed by atoms with E-state index in [9.17, 15) is 0 Å². The van der Waals surface area contributed by atoms with Gasteiger partial charge in [-0.2, -0.15) is 0 Å². The fraction of sp³-hybridized carbons (Fsp3) is 0. The van der Waals surface area contributed by atoms with E-state index in [1.165, 1.54) is 11.8 Å². The molecule has 1 aromatic heterocycles. The number of fused-ring (bicyclic) bond motifs is 1. The third-order valence-electron chi connectivity index (χ3n) is 2.77. The number of nitrogens with two attached hydrogens (primary N) is 1. The second-order valence-corrected chi connectivity index (χ2v) is 5.95. The van der Waals surface area contributed by atoms with Gasteiger partial charge in [0.2, 0.25) is 0 Å². The normalized spacial score (nSPS) is 10.9. The van der Waals surface area contributed by atoms with Crippen molar-refractivity contribution >= 4 is 51.6 Å². The molecule has 0 amide bonds. The van der Waals surface area contributed by atoms with Gasteiger partial charge in [-0.15, -0.1) is 0 Å². The molecule has 0 saturated heterocycles. The Morgan fingerprint density at radius 2 is 1.75 bits per heavy atom. The van der Waals surface area contributed by atoms with Crippen molar-refractivity contribution in [2.24, 2.45) is 0 Å². The zero-order valence-electron chi connectivity index (χ0n) is 10.2. The van der Waals surface area contributed by atoms with Gasteiger partial charge >= 0.3 is 0 Å². The number of rotatable bonds is 2. The SMILES string of the molecule is Nc1cc(Cl)c(Cl)cc1Sc1ncnc2ccccc12. The molecule has 0 aliphatic rings. The Labute approximate surface area is 130 Å². The van der Waals surface area contributed by atoms with Crippen molar-refractivity contribution in [3.8, 4) is 0 Å². The van der Waals surface area contributed by atoms with Crippen LogP contribution >= 0.6 is 35.0 Å². The number of nitrogen functional groups attached to an aromatic ring is 1. The first-order chi connectivity index (χ1) is 9.65. The van der Waals surface area contributed by atoms with Crippen LogP contribution in [0.15, 0.2) is 52.6 Å². The summed E-state index contributed by atoms with van der Waals surface area (Å²) in [6, 6.07) is 11.2. The van der Waals surface area contributed by atoms with Crippen LogP contribution in [0.1, 0.15) is 0 Å². The molecule has 0 bridgehead atoms. The molecule has 6 heteroatoms. The summed E-state index contributed by atoms with van der Waals surface area (Å²) in [5, 5.41) is 2.73. The molecule has 0 fully saturated rings. The second-order valence-electron chi connectivity index (χ2n) is 4.10. The molecule has 0 spiro atoms. The minimum Gasteiger partial charge on any atom is -0.398 e. The Bertz CT molecular complexity index is 787. The number of benzene rings is 2. The zero-order valence-corrected chi connectivity index (χ0v) is 12.5. The van der Waals surface area contributed by atoms with E-state index in [-0.39, 0.29) is 0 Å². The first kappa shape index (κ1) is 13.5. The highest BCUT2D eigenvalue weighted by Gasteiger charge is 2.10. The Morgan fingerprint density at radius 3 is 2.60 bits per heavy atom. The van der Waals surface area contributed by atoms with Gasteiger partial charge in [0.05, 0.1) is 15.6 Å². The average molecular weight is 322 g/mol. The number of aromatic nitrogens is 2. The van der Waals surface area contributed by atoms with Crippen LogP contribution in [0.4, 0.5) is 5.69 Å². The molecule has 0 aliphatic carbocycles. The molecule has 2 N–H and O–H groups in total. The first-order valence-corrected chi connectivity index (χ1v) is 7.34. The smallest absolute Gasteiger partial charge is 0.117 e. The van der Waals surface area contributed by atoms with E-state index in [0.717, 1.165) is 20.8 Å². The van der Waals surface area contributed by atoms with Gasteiger partial charge in [-0.3, -0.25) is 0 Å². The Morgan fingerprint density at radius 1 is 1.00 bits per heavy atom. The minimum atomic E-state index is 0.445. The van der Waals surface area contributed by atoms with E-state index in [1.54, 1.807) is 18.5 Å². The van der Waals surface area contributed by atoms with Crippen LogP contribution in [0.25, 0.3) is 10.9 Å². The van der Waals surface area contributed by atoms with Crippen molar-refractivity contribution in [2.75, 3.05) is 5.73 Å². The molecule has 0 saturated carbocycles. The maximum Gasteiger partial charge on any atom is 0.117 e. The molecular formula is C14H9Cl2N3S. The Kier molecular flexibility index (Phi) is 3.70. The van der Waals surface area contributed by atoms with Crippen LogP contribution in [0.3, 0.4) is 0 Å². The Balaban J connectivity index is 2.08. The fourth-order valence-corrected chi connectivity index (χ4v) is 3.14. The van der Waals surface area contributed by atoms with Gasteiger partial charge in [0, 0.05) is 16.0 Å². The molecule has 100 valence electrons. The van der Waals surface area contributed by atoms with E-state index >= 15 is 0 Å². The molecule has 20 heavy (non-hydrogen) atoms. The number of hydrogen-bond acceptors (Lipinski definition) is 4. The van der Waals surface area contributed by atoms with Crippen LogP contribution < -0.4 is 5.73 Å². The van der Waals surface area contributed by atoms with E-state index in [1.807, 2.05) is 24.3 Å². The van der Waals surface area contributed by atoms with Crippen LogP contribution in [0.5, 0.6) is 0 Å². The molecular weight excluding hydrogens is 313 g/mol. The zero-order chi connectivity index (χ0) is 14.1. The lowest BCUT2D eigenvalue weighted by atomic mass is 10.2. The molecule has 2 aromatic carbocycles. The Hall–Kier alpha value is -1.49. The molecule has 3 nitrogen and oxygen atoms in total. The summed E-state index contributed by atoms with van der Waals surface area (Å²) in [6.45, 7) is 0. The van der Waals surface area contributed by atoms with Gasteiger partial charge in [-0.25, -0.2) is 9.97 Å². The minimum absolute atomic E-state index is 0.445. The third-order valence-corrected chi connectivity index (χ3v) is 4.58. The lowest BCUT2D eigenvalue weighted by Gasteiger charge is -2.08. The molecule has 0 unspecified atom stereocenters. The van der Waals surface area contributed by atoms with Crippen molar-refractivity contribution in [3.05, 3.63) is 52.8 Å². The van der Waals surface area contributed by atoms with Crippen molar-refractivity contribution in [1.82, 2.24) is 9.97 Å². The maximum absolute atomic E-state index is 6.04. The van der Waals surface area contributed by atoms with Gasteiger partial charge in [0.25, 0.3) is 0 Å². The lowest BCUT2D eigenvalue weighted by molar-refractivity contribution is 1.10. The molecule has 3 rings (SSSR count). The number of halogens is 2. The standard InChI is InChI=1S/C14H9Cl2N3S/c15-9-5-11(17)13(6-10(9)16)20-14-8-3-1-2-4-12(8)18-7-19-14/h1-7H,17H2. The summed E-state index contributed by atoms with van der Waals surface area (Å²) in [6.07, 6.45) is 1.54. The van der Waals surface area contributed by atoms with Crippen LogP contribution in [0.2, 0.25) is 10.0 Å². The highest BCUT2D eigenvalue weighted by Crippen LogP contribution is 2.38. The van der Waals surface area contributed by atoms with Crippen LogP contribution in [-0.4, -0.2) is 9.97 Å². The molecule has 1 heterocycles. The van der Waals surface area contributed by atoms with E-state index in [0.29, 0.717) is 15.7 Å². The molecule has 0 aliphatic heterocycles. The molecule has 0 radical (unpaired) electrons. The van der Waals surface area contributed by atoms with Crippen molar-refractivity contribution < 1.29 is 0 Å². The first-order valence-electron chi connectivity index (χ1n) is 5.77. The number of anilines is 1. The van der Waals surface area contributed by atoms with Crippen molar-refractivity contribution in [1.29, 1.82) is 0 Å². The van der Waals surface area contributed by atoms with Gasteiger partial charge in [-0.1, -0.05) is 53.2 Å². The van der Waals surface area contributed by atoms with E-state index < -0.39 is 0 Å². The number of nitrogens with zero attached hydrogens (tertiary/aromatic N) is 2. The number of para-hydroxylation sites is 1. The number of hydrogen-bond donors (Lipinski definition) is 1. The summed E-state index contributed by atoms with van der Waals surface area (Å²) >= 11 is 13.4. The molecule has 3 aromatic rings. The van der Waals surface area contributed by atoms with Gasteiger partial charge in [-0.05, 0) is 18.2 Å². The second kappa shape index (κ2) is 5.48. The summed E-state index contributed by atoms with van der Waals surface area (Å²) in [4.78, 5) is 9.37. The van der Waals surface area contributed by atoms with Gasteiger partial charge in [0.15, 0.2) is 0 Å².